The number of pyridine rings is 1. The third-order valence-electron chi connectivity index (χ3n) is 7.59. The molecule has 1 aromatic carbocycles. The Balaban J connectivity index is 1.25. The van der Waals surface area contributed by atoms with E-state index in [9.17, 15) is 9.59 Å². The summed E-state index contributed by atoms with van der Waals surface area (Å²) in [7, 11) is 3.45. The predicted octanol–water partition coefficient (Wildman–Crippen LogP) is 3.34. The molecule has 40 heavy (non-hydrogen) atoms. The van der Waals surface area contributed by atoms with Crippen molar-refractivity contribution in [2.75, 3.05) is 55.4 Å². The van der Waals surface area contributed by atoms with Gasteiger partial charge in [0.2, 0.25) is 0 Å². The molecule has 2 aliphatic rings. The summed E-state index contributed by atoms with van der Waals surface area (Å²) in [6.45, 7) is 3.34. The highest BCUT2D eigenvalue weighted by Gasteiger charge is 2.25. The van der Waals surface area contributed by atoms with Gasteiger partial charge < -0.3 is 31.1 Å². The minimum Gasteiger partial charge on any atom is -0.364 e. The van der Waals surface area contributed by atoms with E-state index in [-0.39, 0.29) is 17.8 Å². The molecule has 5 rings (SSSR count). The van der Waals surface area contributed by atoms with Crippen LogP contribution in [-0.4, -0.2) is 78.1 Å². The van der Waals surface area contributed by atoms with Gasteiger partial charge in [0, 0.05) is 58.2 Å². The Kier molecular flexibility index (Phi) is 8.28. The first-order chi connectivity index (χ1) is 19.4. The Hall–Kier alpha value is -4.41. The van der Waals surface area contributed by atoms with E-state index >= 15 is 0 Å². The molecular formula is C29H37N9O2. The number of primary amides is 1. The number of hydrogen-bond acceptors (Lipinski definition) is 8. The van der Waals surface area contributed by atoms with E-state index in [2.05, 4.69) is 48.6 Å². The summed E-state index contributed by atoms with van der Waals surface area (Å²) in [6.07, 6.45) is 7.34. The Labute approximate surface area is 234 Å². The largest absolute Gasteiger partial charge is 0.364 e. The highest BCUT2D eigenvalue weighted by atomic mass is 16.2. The molecule has 1 atom stereocenters. The van der Waals surface area contributed by atoms with E-state index in [0.29, 0.717) is 24.1 Å². The van der Waals surface area contributed by atoms with Crippen LogP contribution >= 0.6 is 0 Å². The van der Waals surface area contributed by atoms with Gasteiger partial charge in [-0.3, -0.25) is 4.79 Å². The van der Waals surface area contributed by atoms with Gasteiger partial charge in [0.25, 0.3) is 5.91 Å². The standard InChI is InChI=1S/C29H37N9O2/c1-36(2)29(40)34-23-6-5-15-38(19-23)25-18-32-26(27(30)39)28(35-25)33-22-10-8-20(9-11-22)21-12-16-37(17-13-21)24-7-3-4-14-31-24/h3-4,7-11,14,18,21,23H,5-6,12-13,15-17,19H2,1-2H3,(H2,30,39)(H,33,35)(H,34,40). The second kappa shape index (κ2) is 12.2. The summed E-state index contributed by atoms with van der Waals surface area (Å²) in [5.74, 6) is 1.83. The molecule has 0 bridgehead atoms. The van der Waals surface area contributed by atoms with E-state index in [1.807, 2.05) is 30.5 Å². The van der Waals surface area contributed by atoms with Gasteiger partial charge in [-0.2, -0.15) is 0 Å². The van der Waals surface area contributed by atoms with Gasteiger partial charge in [0.15, 0.2) is 11.5 Å². The first kappa shape index (κ1) is 27.2. The normalized spacial score (nSPS) is 17.8. The smallest absolute Gasteiger partial charge is 0.317 e. The first-order valence-electron chi connectivity index (χ1n) is 13.8. The predicted molar refractivity (Wildman–Crippen MR) is 156 cm³/mol. The zero-order valence-corrected chi connectivity index (χ0v) is 23.1. The summed E-state index contributed by atoms with van der Waals surface area (Å²) in [6, 6.07) is 14.2. The Morgan fingerprint density at radius 3 is 2.40 bits per heavy atom. The second-order valence-electron chi connectivity index (χ2n) is 10.6. The number of aromatic nitrogens is 3. The topological polar surface area (TPSA) is 133 Å². The van der Waals surface area contributed by atoms with E-state index in [1.54, 1.807) is 20.3 Å². The molecule has 0 radical (unpaired) electrons. The highest BCUT2D eigenvalue weighted by Crippen LogP contribution is 2.31. The van der Waals surface area contributed by atoms with Gasteiger partial charge >= 0.3 is 6.03 Å². The van der Waals surface area contributed by atoms with Crippen LogP contribution in [0.4, 0.5) is 27.9 Å². The lowest BCUT2D eigenvalue weighted by Crippen LogP contribution is -2.50. The lowest BCUT2D eigenvalue weighted by molar-refractivity contribution is 0.0996. The minimum absolute atomic E-state index is 0.000966. The van der Waals surface area contributed by atoms with Gasteiger partial charge in [-0.25, -0.2) is 19.7 Å². The molecule has 2 saturated heterocycles. The van der Waals surface area contributed by atoms with E-state index in [0.717, 1.165) is 56.8 Å². The Morgan fingerprint density at radius 1 is 0.950 bits per heavy atom. The molecule has 2 aliphatic heterocycles. The van der Waals surface area contributed by atoms with Crippen LogP contribution in [0.2, 0.25) is 0 Å². The molecule has 0 saturated carbocycles. The molecule has 1 unspecified atom stereocenters. The van der Waals surface area contributed by atoms with Crippen LogP contribution in [0.25, 0.3) is 0 Å². The number of piperidine rings is 2. The molecule has 4 heterocycles. The first-order valence-corrected chi connectivity index (χ1v) is 13.8. The Bertz CT molecular complexity index is 1310. The molecule has 11 nitrogen and oxygen atoms in total. The van der Waals surface area contributed by atoms with Crippen LogP contribution < -0.4 is 26.2 Å². The molecule has 0 aliphatic carbocycles. The molecule has 0 spiro atoms. The summed E-state index contributed by atoms with van der Waals surface area (Å²) >= 11 is 0. The summed E-state index contributed by atoms with van der Waals surface area (Å²) in [5.41, 5.74) is 7.80. The average molecular weight is 544 g/mol. The molecule has 210 valence electrons. The maximum atomic E-state index is 12.1. The van der Waals surface area contributed by atoms with Crippen LogP contribution in [-0.2, 0) is 0 Å². The van der Waals surface area contributed by atoms with Crippen molar-refractivity contribution in [3.05, 3.63) is 66.1 Å². The summed E-state index contributed by atoms with van der Waals surface area (Å²) in [4.78, 5) is 43.8. The fraction of sp³-hybridized carbons (Fsp3) is 0.414. The molecule has 4 N–H and O–H groups in total. The van der Waals surface area contributed by atoms with Crippen molar-refractivity contribution in [3.63, 3.8) is 0 Å². The molecule has 2 aromatic heterocycles. The second-order valence-corrected chi connectivity index (χ2v) is 10.6. The number of carbonyl (C=O) groups excluding carboxylic acids is 2. The van der Waals surface area contributed by atoms with Gasteiger partial charge in [0.05, 0.1) is 6.20 Å². The lowest BCUT2D eigenvalue weighted by atomic mass is 9.89. The lowest BCUT2D eigenvalue weighted by Gasteiger charge is -2.34. The number of nitrogens with one attached hydrogen (secondary N) is 2. The number of anilines is 4. The van der Waals surface area contributed by atoms with Crippen molar-refractivity contribution >= 4 is 35.1 Å². The van der Waals surface area contributed by atoms with E-state index in [4.69, 9.17) is 10.7 Å². The number of urea groups is 1. The van der Waals surface area contributed by atoms with Gasteiger partial charge in [0.1, 0.15) is 11.6 Å². The number of carbonyl (C=O) groups is 2. The number of amides is 3. The third kappa shape index (κ3) is 6.41. The minimum atomic E-state index is -0.646. The van der Waals surface area contributed by atoms with Crippen molar-refractivity contribution in [1.82, 2.24) is 25.2 Å². The van der Waals surface area contributed by atoms with Crippen molar-refractivity contribution in [1.29, 1.82) is 0 Å². The van der Waals surface area contributed by atoms with Crippen molar-refractivity contribution < 1.29 is 9.59 Å². The summed E-state index contributed by atoms with van der Waals surface area (Å²) in [5, 5.41) is 6.30. The van der Waals surface area contributed by atoms with E-state index in [1.165, 1.54) is 10.5 Å². The maximum absolute atomic E-state index is 12.1. The average Bonchev–Trinajstić information content (AvgIpc) is 2.98. The van der Waals surface area contributed by atoms with Crippen LogP contribution in [0.15, 0.2) is 54.9 Å². The van der Waals surface area contributed by atoms with Crippen molar-refractivity contribution in [2.24, 2.45) is 5.73 Å². The number of benzene rings is 1. The highest BCUT2D eigenvalue weighted by molar-refractivity contribution is 5.96. The molecule has 11 heteroatoms. The zero-order chi connectivity index (χ0) is 28.1. The third-order valence-corrected chi connectivity index (χ3v) is 7.59. The molecule has 3 aromatic rings. The SMILES string of the molecule is CN(C)C(=O)NC1CCCN(c2cnc(C(N)=O)c(Nc3ccc(C4CCN(c5ccccn5)CC4)cc3)n2)C1. The van der Waals surface area contributed by atoms with Crippen LogP contribution in [0.3, 0.4) is 0 Å². The zero-order valence-electron chi connectivity index (χ0n) is 23.1. The van der Waals surface area contributed by atoms with Crippen molar-refractivity contribution in [2.45, 2.75) is 37.6 Å². The van der Waals surface area contributed by atoms with Crippen LogP contribution in [0.1, 0.15) is 47.7 Å². The number of hydrogen-bond donors (Lipinski definition) is 3. The van der Waals surface area contributed by atoms with Crippen LogP contribution in [0, 0.1) is 0 Å². The molecular weight excluding hydrogens is 506 g/mol. The molecule has 2 fully saturated rings. The maximum Gasteiger partial charge on any atom is 0.317 e. The van der Waals surface area contributed by atoms with Gasteiger partial charge in [-0.05, 0) is 61.4 Å². The van der Waals surface area contributed by atoms with Gasteiger partial charge in [-0.15, -0.1) is 0 Å². The monoisotopic (exact) mass is 543 g/mol. The number of nitrogens with zero attached hydrogens (tertiary/aromatic N) is 6. The molecule has 3 amide bonds. The fourth-order valence-electron chi connectivity index (χ4n) is 5.36. The number of rotatable bonds is 7. The quantitative estimate of drug-likeness (QED) is 0.413. The summed E-state index contributed by atoms with van der Waals surface area (Å²) < 4.78 is 0. The van der Waals surface area contributed by atoms with Crippen molar-refractivity contribution in [3.8, 4) is 0 Å². The van der Waals surface area contributed by atoms with Crippen LogP contribution in [0.5, 0.6) is 0 Å². The van der Waals surface area contributed by atoms with Gasteiger partial charge in [-0.1, -0.05) is 18.2 Å². The van der Waals surface area contributed by atoms with E-state index < -0.39 is 5.91 Å². The number of nitrogens with two attached hydrogens (primary N) is 1. The Morgan fingerprint density at radius 2 is 1.73 bits per heavy atom. The fourth-order valence-corrected chi connectivity index (χ4v) is 5.36.